The summed E-state index contributed by atoms with van der Waals surface area (Å²) in [5.74, 6) is 0. The average molecular weight is 315 g/mol. The molecule has 0 atom stereocenters. The van der Waals surface area contributed by atoms with Gasteiger partial charge >= 0.3 is 0 Å². The molecular formula is C18H37NO3. The molecule has 22 heavy (non-hydrogen) atoms. The van der Waals surface area contributed by atoms with Gasteiger partial charge in [-0.25, -0.2) is 0 Å². The van der Waals surface area contributed by atoms with Crippen LogP contribution in [0.1, 0.15) is 110 Å². The molecule has 132 valence electrons. The van der Waals surface area contributed by atoms with Crippen molar-refractivity contribution in [3.63, 3.8) is 0 Å². The molecule has 0 saturated heterocycles. The van der Waals surface area contributed by atoms with Gasteiger partial charge in [0.25, 0.3) is 5.09 Å². The van der Waals surface area contributed by atoms with Gasteiger partial charge in [0.1, 0.15) is 0 Å². The molecule has 0 unspecified atom stereocenters. The van der Waals surface area contributed by atoms with Crippen LogP contribution in [0, 0.1) is 10.1 Å². The largest absolute Gasteiger partial charge is 0.314 e. The maximum absolute atomic E-state index is 9.94. The van der Waals surface area contributed by atoms with Gasteiger partial charge in [-0.1, -0.05) is 103 Å². The standard InChI is InChI=1S/C18H37NO3/c1-2-3-4-5-6-7-8-9-10-11-12-13-14-15-16-17-18-22-19(20)21/h2-18H2,1H3. The van der Waals surface area contributed by atoms with Crippen LogP contribution in [0.3, 0.4) is 0 Å². The summed E-state index contributed by atoms with van der Waals surface area (Å²) in [5.41, 5.74) is 0. The molecule has 0 bridgehead atoms. The maximum atomic E-state index is 9.94. The van der Waals surface area contributed by atoms with Gasteiger partial charge < -0.3 is 4.84 Å². The van der Waals surface area contributed by atoms with Crippen LogP contribution in [-0.2, 0) is 4.84 Å². The second kappa shape index (κ2) is 18.2. The Morgan fingerprint density at radius 3 is 1.27 bits per heavy atom. The minimum Gasteiger partial charge on any atom is -0.314 e. The Labute approximate surface area is 137 Å². The quantitative estimate of drug-likeness (QED) is 0.166. The predicted molar refractivity (Wildman–Crippen MR) is 92.5 cm³/mol. The van der Waals surface area contributed by atoms with Crippen LogP contribution < -0.4 is 0 Å². The summed E-state index contributed by atoms with van der Waals surface area (Å²) in [4.78, 5) is 14.2. The van der Waals surface area contributed by atoms with E-state index in [4.69, 9.17) is 0 Å². The van der Waals surface area contributed by atoms with Crippen LogP contribution in [0.4, 0.5) is 0 Å². The van der Waals surface area contributed by atoms with E-state index in [1.54, 1.807) is 0 Å². The third kappa shape index (κ3) is 19.2. The third-order valence-corrected chi connectivity index (χ3v) is 4.19. The molecule has 0 aromatic rings. The lowest BCUT2D eigenvalue weighted by Crippen LogP contribution is -2.01. The van der Waals surface area contributed by atoms with Crippen LogP contribution >= 0.6 is 0 Å². The van der Waals surface area contributed by atoms with Gasteiger partial charge in [0.15, 0.2) is 0 Å². The first-order chi connectivity index (χ1) is 10.8. The zero-order valence-corrected chi connectivity index (χ0v) is 14.7. The maximum Gasteiger partial charge on any atom is 0.294 e. The van der Waals surface area contributed by atoms with Crippen LogP contribution in [0.5, 0.6) is 0 Å². The fourth-order valence-electron chi connectivity index (χ4n) is 2.79. The smallest absolute Gasteiger partial charge is 0.294 e. The van der Waals surface area contributed by atoms with Gasteiger partial charge in [0.05, 0.1) is 6.61 Å². The van der Waals surface area contributed by atoms with E-state index >= 15 is 0 Å². The van der Waals surface area contributed by atoms with Crippen molar-refractivity contribution >= 4 is 0 Å². The van der Waals surface area contributed by atoms with E-state index in [1.165, 1.54) is 89.9 Å². The lowest BCUT2D eigenvalue weighted by Gasteiger charge is -2.03. The van der Waals surface area contributed by atoms with Gasteiger partial charge in [-0.2, -0.15) is 0 Å². The van der Waals surface area contributed by atoms with Crippen molar-refractivity contribution in [2.75, 3.05) is 6.61 Å². The zero-order chi connectivity index (χ0) is 16.3. The fraction of sp³-hybridized carbons (Fsp3) is 1.00. The Bertz CT molecular complexity index is 234. The highest BCUT2D eigenvalue weighted by atomic mass is 16.9. The Kier molecular flexibility index (Phi) is 17.6. The van der Waals surface area contributed by atoms with E-state index in [9.17, 15) is 10.1 Å². The van der Waals surface area contributed by atoms with E-state index in [-0.39, 0.29) is 6.61 Å². The topological polar surface area (TPSA) is 52.4 Å². The van der Waals surface area contributed by atoms with E-state index in [2.05, 4.69) is 11.8 Å². The van der Waals surface area contributed by atoms with Gasteiger partial charge in [0, 0.05) is 0 Å². The van der Waals surface area contributed by atoms with Crippen molar-refractivity contribution in [1.29, 1.82) is 0 Å². The molecule has 0 fully saturated rings. The summed E-state index contributed by atoms with van der Waals surface area (Å²) in [7, 11) is 0. The van der Waals surface area contributed by atoms with Crippen LogP contribution in [-0.4, -0.2) is 11.7 Å². The van der Waals surface area contributed by atoms with E-state index in [0.717, 1.165) is 12.8 Å². The Morgan fingerprint density at radius 1 is 0.636 bits per heavy atom. The Hall–Kier alpha value is -0.800. The highest BCUT2D eigenvalue weighted by molar-refractivity contribution is 4.49. The van der Waals surface area contributed by atoms with Crippen molar-refractivity contribution in [1.82, 2.24) is 0 Å². The molecule has 0 radical (unpaired) electrons. The zero-order valence-electron chi connectivity index (χ0n) is 14.7. The van der Waals surface area contributed by atoms with Crippen LogP contribution in [0.25, 0.3) is 0 Å². The summed E-state index contributed by atoms with van der Waals surface area (Å²) < 4.78 is 0. The molecule has 0 N–H and O–H groups in total. The molecular weight excluding hydrogens is 278 g/mol. The average Bonchev–Trinajstić information content (AvgIpc) is 2.50. The predicted octanol–water partition coefficient (Wildman–Crippen LogP) is 6.46. The first kappa shape index (κ1) is 21.2. The first-order valence-electron chi connectivity index (χ1n) is 9.54. The Morgan fingerprint density at radius 2 is 0.955 bits per heavy atom. The lowest BCUT2D eigenvalue weighted by atomic mass is 10.0. The molecule has 0 aliphatic carbocycles. The Balaban J connectivity index is 2.95. The molecule has 4 nitrogen and oxygen atoms in total. The number of hydrogen-bond acceptors (Lipinski definition) is 3. The van der Waals surface area contributed by atoms with E-state index in [1.807, 2.05) is 0 Å². The third-order valence-electron chi connectivity index (χ3n) is 4.19. The van der Waals surface area contributed by atoms with Crippen molar-refractivity contribution in [3.05, 3.63) is 10.1 Å². The highest BCUT2D eigenvalue weighted by Crippen LogP contribution is 2.13. The minimum absolute atomic E-state index is 0.255. The van der Waals surface area contributed by atoms with E-state index < -0.39 is 5.09 Å². The van der Waals surface area contributed by atoms with Crippen molar-refractivity contribution < 1.29 is 9.92 Å². The second-order valence-electron chi connectivity index (χ2n) is 6.36. The molecule has 0 aliphatic rings. The van der Waals surface area contributed by atoms with Crippen LogP contribution in [0.2, 0.25) is 0 Å². The van der Waals surface area contributed by atoms with Crippen molar-refractivity contribution in [2.24, 2.45) is 0 Å². The summed E-state index contributed by atoms with van der Waals surface area (Å²) in [6, 6.07) is 0. The highest BCUT2D eigenvalue weighted by Gasteiger charge is 1.96. The van der Waals surface area contributed by atoms with Gasteiger partial charge in [0.2, 0.25) is 0 Å². The number of rotatable bonds is 18. The monoisotopic (exact) mass is 315 g/mol. The van der Waals surface area contributed by atoms with Gasteiger partial charge in [-0.05, 0) is 6.42 Å². The number of hydrogen-bond donors (Lipinski definition) is 0. The fourth-order valence-corrected chi connectivity index (χ4v) is 2.79. The first-order valence-corrected chi connectivity index (χ1v) is 9.54. The molecule has 0 rings (SSSR count). The van der Waals surface area contributed by atoms with Crippen LogP contribution in [0.15, 0.2) is 0 Å². The summed E-state index contributed by atoms with van der Waals surface area (Å²) in [6.07, 6.45) is 21.0. The molecule has 0 aliphatic heterocycles. The van der Waals surface area contributed by atoms with Gasteiger partial charge in [-0.15, -0.1) is 10.1 Å². The molecule has 0 aromatic heterocycles. The molecule has 0 aromatic carbocycles. The summed E-state index contributed by atoms with van der Waals surface area (Å²) in [6.45, 7) is 2.52. The normalized spacial score (nSPS) is 10.8. The molecule has 0 saturated carbocycles. The summed E-state index contributed by atoms with van der Waals surface area (Å²) >= 11 is 0. The van der Waals surface area contributed by atoms with Crippen molar-refractivity contribution in [3.8, 4) is 0 Å². The number of unbranched alkanes of at least 4 members (excludes halogenated alkanes) is 15. The minimum atomic E-state index is -0.703. The lowest BCUT2D eigenvalue weighted by molar-refractivity contribution is -0.757. The number of nitrogens with zero attached hydrogens (tertiary/aromatic N) is 1. The van der Waals surface area contributed by atoms with Crippen molar-refractivity contribution in [2.45, 2.75) is 110 Å². The molecule has 0 amide bonds. The van der Waals surface area contributed by atoms with E-state index in [0.29, 0.717) is 0 Å². The molecule has 4 heteroatoms. The second-order valence-corrected chi connectivity index (χ2v) is 6.36. The SMILES string of the molecule is CCCCCCCCCCCCCCCCCCO[N+](=O)[O-]. The summed E-state index contributed by atoms with van der Waals surface area (Å²) in [5, 5.41) is 9.24. The van der Waals surface area contributed by atoms with Gasteiger partial charge in [-0.3, -0.25) is 0 Å². The molecule has 0 spiro atoms. The molecule has 0 heterocycles.